The Labute approximate surface area is 244 Å². The van der Waals surface area contributed by atoms with Gasteiger partial charge in [0.25, 0.3) is 0 Å². The van der Waals surface area contributed by atoms with Gasteiger partial charge in [-0.05, 0) is 40.9 Å². The number of hydrogen-bond donors (Lipinski definition) is 4. The van der Waals surface area contributed by atoms with Crippen molar-refractivity contribution in [3.8, 4) is 22.8 Å². The van der Waals surface area contributed by atoms with Crippen molar-refractivity contribution in [2.24, 2.45) is 0 Å². The minimum atomic E-state index is -1.01. The van der Waals surface area contributed by atoms with E-state index in [0.29, 0.717) is 12.4 Å². The summed E-state index contributed by atoms with van der Waals surface area (Å²) in [6.45, 7) is 4.70. The van der Waals surface area contributed by atoms with Crippen LogP contribution in [0.25, 0.3) is 22.3 Å². The van der Waals surface area contributed by atoms with Gasteiger partial charge >= 0.3 is 0 Å². The topological polar surface area (TPSA) is 151 Å². The number of benzene rings is 2. The summed E-state index contributed by atoms with van der Waals surface area (Å²) in [7, 11) is 4.01. The lowest BCUT2D eigenvalue weighted by molar-refractivity contribution is -0.231. The molecule has 2 aromatic carbocycles. The summed E-state index contributed by atoms with van der Waals surface area (Å²) in [5.41, 5.74) is 0.561. The van der Waals surface area contributed by atoms with Crippen LogP contribution < -0.4 is 5.43 Å². The lowest BCUT2D eigenvalue weighted by atomic mass is 10.1. The van der Waals surface area contributed by atoms with E-state index in [-0.39, 0.29) is 53.0 Å². The van der Waals surface area contributed by atoms with Gasteiger partial charge in [-0.2, -0.15) is 0 Å². The third-order valence-electron chi connectivity index (χ3n) is 6.51. The molecule has 2 aliphatic rings. The number of aromatic hydroxyl groups is 2. The van der Waals surface area contributed by atoms with E-state index >= 15 is 0 Å². The maximum absolute atomic E-state index is 12.0. The summed E-state index contributed by atoms with van der Waals surface area (Å²) in [4.78, 5) is 14.1. The third kappa shape index (κ3) is 7.97. The molecule has 41 heavy (non-hydrogen) atoms. The van der Waals surface area contributed by atoms with Crippen molar-refractivity contribution >= 4 is 23.4 Å². The van der Waals surface area contributed by atoms with Gasteiger partial charge in [0.05, 0.1) is 6.61 Å². The average molecular weight is 596 g/mol. The summed E-state index contributed by atoms with van der Waals surface area (Å²) in [5, 5.41) is 38.2. The van der Waals surface area contributed by atoms with Crippen molar-refractivity contribution in [1.29, 1.82) is 0 Å². The van der Waals surface area contributed by atoms with Crippen LogP contribution in [0.3, 0.4) is 0 Å². The molecule has 0 radical (unpaired) electrons. The van der Waals surface area contributed by atoms with E-state index in [2.05, 4.69) is 4.90 Å². The predicted molar refractivity (Wildman–Crippen MR) is 153 cm³/mol. The second-order valence-electron chi connectivity index (χ2n) is 10.5. The third-order valence-corrected chi connectivity index (χ3v) is 6.51. The van der Waals surface area contributed by atoms with Crippen LogP contribution in [-0.4, -0.2) is 95.7 Å². The average Bonchev–Trinajstić information content (AvgIpc) is 3.37. The molecule has 2 saturated heterocycles. The number of rotatable bonds is 8. The highest BCUT2D eigenvalue weighted by molar-refractivity contribution is 5.86. The van der Waals surface area contributed by atoms with Crippen molar-refractivity contribution in [1.82, 2.24) is 4.90 Å². The van der Waals surface area contributed by atoms with Gasteiger partial charge in [0.1, 0.15) is 52.6 Å². The minimum Gasteiger partial charge on any atom is -0.508 e. The molecule has 12 heteroatoms. The first-order valence-corrected chi connectivity index (χ1v) is 13.1. The monoisotopic (exact) mass is 595 g/mol. The van der Waals surface area contributed by atoms with Gasteiger partial charge in [0.2, 0.25) is 0 Å². The SMILES string of the molecule is CN(C)CCCOC1C(C(O)CO)OC2OC(C)(C)OC21.Cl.O=c1cc(-c2ccccc2)oc2cc(O)cc(O)c12. The minimum absolute atomic E-state index is 0. The summed E-state index contributed by atoms with van der Waals surface area (Å²) >= 11 is 0. The molecule has 0 aliphatic carbocycles. The molecule has 11 nitrogen and oxygen atoms in total. The lowest BCUT2D eigenvalue weighted by Crippen LogP contribution is -2.44. The number of phenolic OH excluding ortho intramolecular Hbond substituents is 2. The first-order chi connectivity index (χ1) is 19.0. The molecule has 1 aromatic heterocycles. The van der Waals surface area contributed by atoms with Crippen LogP contribution in [0.2, 0.25) is 0 Å². The van der Waals surface area contributed by atoms with Crippen molar-refractivity contribution in [3.63, 3.8) is 0 Å². The van der Waals surface area contributed by atoms with E-state index in [4.69, 9.17) is 28.5 Å². The van der Waals surface area contributed by atoms with Crippen LogP contribution in [0.15, 0.2) is 57.7 Å². The smallest absolute Gasteiger partial charge is 0.197 e. The van der Waals surface area contributed by atoms with Gasteiger partial charge in [-0.15, -0.1) is 12.4 Å². The zero-order valence-electron chi connectivity index (χ0n) is 23.4. The number of hydrogen-bond acceptors (Lipinski definition) is 11. The highest BCUT2D eigenvalue weighted by Crippen LogP contribution is 2.39. The summed E-state index contributed by atoms with van der Waals surface area (Å²) in [5.74, 6) is -0.778. The largest absolute Gasteiger partial charge is 0.508 e. The first kappa shape index (κ1) is 32.8. The van der Waals surface area contributed by atoms with Crippen molar-refractivity contribution in [2.75, 3.05) is 33.9 Å². The number of aliphatic hydroxyl groups is 2. The highest BCUT2D eigenvalue weighted by Gasteiger charge is 2.56. The van der Waals surface area contributed by atoms with Crippen LogP contribution in [-0.2, 0) is 18.9 Å². The Morgan fingerprint density at radius 1 is 1.07 bits per heavy atom. The summed E-state index contributed by atoms with van der Waals surface area (Å²) in [6, 6.07) is 12.9. The number of halogens is 1. The Morgan fingerprint density at radius 3 is 2.44 bits per heavy atom. The molecule has 226 valence electrons. The van der Waals surface area contributed by atoms with E-state index < -0.39 is 30.4 Å². The van der Waals surface area contributed by atoms with Crippen LogP contribution in [0.4, 0.5) is 0 Å². The molecule has 5 rings (SSSR count). The normalized spacial score (nSPS) is 23.5. The Morgan fingerprint density at radius 2 is 1.78 bits per heavy atom. The molecule has 2 aliphatic heterocycles. The maximum Gasteiger partial charge on any atom is 0.197 e. The summed E-state index contributed by atoms with van der Waals surface area (Å²) in [6.07, 6.45) is -2.17. The number of nitrogens with zero attached hydrogens (tertiary/aromatic N) is 1. The number of aliphatic hydroxyl groups excluding tert-OH is 2. The zero-order valence-corrected chi connectivity index (χ0v) is 24.2. The second kappa shape index (κ2) is 14.0. The number of phenols is 2. The molecule has 5 atom stereocenters. The van der Waals surface area contributed by atoms with E-state index in [1.54, 1.807) is 0 Å². The zero-order chi connectivity index (χ0) is 29.0. The Kier molecular flexibility index (Phi) is 11.1. The molecule has 0 spiro atoms. The van der Waals surface area contributed by atoms with Gasteiger partial charge in [-0.3, -0.25) is 4.79 Å². The second-order valence-corrected chi connectivity index (χ2v) is 10.5. The van der Waals surface area contributed by atoms with E-state index in [0.717, 1.165) is 24.6 Å². The van der Waals surface area contributed by atoms with Crippen molar-refractivity contribution < 1.29 is 43.8 Å². The number of fused-ring (bicyclic) bond motifs is 2. The van der Waals surface area contributed by atoms with Gasteiger partial charge in [0.15, 0.2) is 17.5 Å². The van der Waals surface area contributed by atoms with Gasteiger partial charge < -0.3 is 48.7 Å². The van der Waals surface area contributed by atoms with Crippen molar-refractivity contribution in [3.05, 3.63) is 58.8 Å². The van der Waals surface area contributed by atoms with Crippen LogP contribution in [0, 0.1) is 0 Å². The van der Waals surface area contributed by atoms with E-state index in [1.165, 1.54) is 12.1 Å². The van der Waals surface area contributed by atoms with Gasteiger partial charge in [-0.25, -0.2) is 0 Å². The predicted octanol–water partition coefficient (Wildman–Crippen LogP) is 2.85. The molecule has 0 amide bonds. The van der Waals surface area contributed by atoms with Crippen LogP contribution >= 0.6 is 12.4 Å². The molecule has 4 N–H and O–H groups in total. The standard InChI is InChI=1S/C15H10O4.C14H27NO6.ClH/c16-10-6-11(17)15-12(18)8-13(19-14(15)7-10)9-4-2-1-3-5-9;1-14(2)20-12-11(18-7-5-6-15(3)4)10(9(17)8-16)19-13(12)21-14;/h1-8,16-17H;9-13,16-17H,5-8H2,1-4H3;1H. The Bertz CT molecular complexity index is 1330. The molecular weight excluding hydrogens is 558 g/mol. The fourth-order valence-corrected chi connectivity index (χ4v) is 4.71. The molecule has 3 heterocycles. The Balaban J connectivity index is 0.000000221. The molecular formula is C29H38ClNO10. The van der Waals surface area contributed by atoms with Gasteiger partial charge in [0, 0.05) is 30.4 Å². The lowest BCUT2D eigenvalue weighted by Gasteiger charge is -2.28. The summed E-state index contributed by atoms with van der Waals surface area (Å²) < 4.78 is 28.6. The highest BCUT2D eigenvalue weighted by atomic mass is 35.5. The quantitative estimate of drug-likeness (QED) is 0.285. The first-order valence-electron chi connectivity index (χ1n) is 13.1. The Hall–Kier alpha value is -2.74. The molecule has 3 aromatic rings. The molecule has 0 bridgehead atoms. The van der Waals surface area contributed by atoms with E-state index in [1.807, 2.05) is 58.3 Å². The molecule has 2 fully saturated rings. The van der Waals surface area contributed by atoms with E-state index in [9.17, 15) is 20.1 Å². The van der Waals surface area contributed by atoms with Gasteiger partial charge in [-0.1, -0.05) is 30.3 Å². The molecule has 0 saturated carbocycles. The van der Waals surface area contributed by atoms with Crippen LogP contribution in [0.5, 0.6) is 11.5 Å². The molecule has 5 unspecified atom stereocenters. The van der Waals surface area contributed by atoms with Crippen molar-refractivity contribution in [2.45, 2.75) is 56.8 Å². The van der Waals surface area contributed by atoms with Crippen LogP contribution in [0.1, 0.15) is 20.3 Å². The fraction of sp³-hybridized carbons (Fsp3) is 0.483. The number of ether oxygens (including phenoxy) is 4. The fourth-order valence-electron chi connectivity index (χ4n) is 4.71. The maximum atomic E-state index is 12.0.